The van der Waals surface area contributed by atoms with Crippen molar-refractivity contribution >= 4 is 61.4 Å². The maximum absolute atomic E-state index is 11.5. The first-order valence-electron chi connectivity index (χ1n) is 8.19. The zero-order valence-electron chi connectivity index (χ0n) is 14.7. The second-order valence-corrected chi connectivity index (χ2v) is 9.54. The summed E-state index contributed by atoms with van der Waals surface area (Å²) in [5, 5.41) is 15.3. The van der Waals surface area contributed by atoms with Crippen molar-refractivity contribution < 1.29 is 18.3 Å². The van der Waals surface area contributed by atoms with Crippen LogP contribution in [0.25, 0.3) is 11.3 Å². The third-order valence-corrected chi connectivity index (χ3v) is 6.41. The van der Waals surface area contributed by atoms with E-state index in [2.05, 4.69) is 4.98 Å². The Hall–Kier alpha value is -2.17. The highest BCUT2D eigenvalue weighted by molar-refractivity contribution is 7.89. The first kappa shape index (κ1) is 21.5. The number of anilines is 2. The number of aromatic nitrogens is 1. The summed E-state index contributed by atoms with van der Waals surface area (Å²) >= 11 is 13.5. The highest BCUT2D eigenvalue weighted by atomic mass is 35.5. The second kappa shape index (κ2) is 8.68. The molecule has 0 unspecified atom stereocenters. The zero-order chi connectivity index (χ0) is 21.2. The Morgan fingerprint density at radius 3 is 2.28 bits per heavy atom. The smallest absolute Gasteiger partial charge is 0.305 e. The molecule has 29 heavy (non-hydrogen) atoms. The van der Waals surface area contributed by atoms with Crippen molar-refractivity contribution in [1.82, 2.24) is 4.98 Å². The fourth-order valence-corrected chi connectivity index (χ4v) is 4.41. The number of hydrogen-bond donors (Lipinski definition) is 2. The van der Waals surface area contributed by atoms with Gasteiger partial charge >= 0.3 is 5.97 Å². The Balaban J connectivity index is 2.00. The molecule has 11 heteroatoms. The molecule has 0 amide bonds. The van der Waals surface area contributed by atoms with E-state index in [0.717, 1.165) is 5.56 Å². The van der Waals surface area contributed by atoms with Gasteiger partial charge in [0.25, 0.3) is 0 Å². The van der Waals surface area contributed by atoms with Gasteiger partial charge in [0.05, 0.1) is 11.3 Å². The molecule has 0 atom stereocenters. The maximum Gasteiger partial charge on any atom is 0.305 e. The Labute approximate surface area is 181 Å². The van der Waals surface area contributed by atoms with Gasteiger partial charge in [-0.25, -0.2) is 18.5 Å². The highest BCUT2D eigenvalue weighted by Crippen LogP contribution is 2.39. The van der Waals surface area contributed by atoms with Crippen LogP contribution in [-0.2, 0) is 14.8 Å². The summed E-state index contributed by atoms with van der Waals surface area (Å²) in [6, 6.07) is 12.8. The van der Waals surface area contributed by atoms with Gasteiger partial charge in [0.15, 0.2) is 5.13 Å². The van der Waals surface area contributed by atoms with Gasteiger partial charge in [-0.05, 0) is 36.4 Å². The van der Waals surface area contributed by atoms with Gasteiger partial charge in [0.2, 0.25) is 10.0 Å². The van der Waals surface area contributed by atoms with E-state index in [9.17, 15) is 13.2 Å². The van der Waals surface area contributed by atoms with Crippen molar-refractivity contribution in [3.63, 3.8) is 0 Å². The first-order chi connectivity index (χ1) is 13.6. The number of thiazole rings is 1. The molecule has 1 aromatic heterocycles. The maximum atomic E-state index is 11.5. The van der Waals surface area contributed by atoms with Crippen molar-refractivity contribution in [2.75, 3.05) is 11.4 Å². The lowest BCUT2D eigenvalue weighted by Gasteiger charge is -2.21. The lowest BCUT2D eigenvalue weighted by Crippen LogP contribution is -2.21. The SMILES string of the molecule is NS(=O)(=O)c1ccc(N(CCC(=O)O)c2nc(-c3ccc(Cl)cc3)c(Cl)s2)cc1. The Kier molecular flexibility index (Phi) is 6.45. The number of rotatable bonds is 7. The molecule has 1 heterocycles. The summed E-state index contributed by atoms with van der Waals surface area (Å²) in [4.78, 5) is 17.3. The summed E-state index contributed by atoms with van der Waals surface area (Å²) in [5.74, 6) is -0.975. The van der Waals surface area contributed by atoms with Crippen LogP contribution in [0.4, 0.5) is 10.8 Å². The first-order valence-corrected chi connectivity index (χ1v) is 11.3. The number of carboxylic acid groups (broad SMARTS) is 1. The fraction of sp³-hybridized carbons (Fsp3) is 0.111. The number of benzene rings is 2. The summed E-state index contributed by atoms with van der Waals surface area (Å²) in [7, 11) is -3.84. The van der Waals surface area contributed by atoms with E-state index < -0.39 is 16.0 Å². The zero-order valence-corrected chi connectivity index (χ0v) is 17.9. The van der Waals surface area contributed by atoms with Crippen LogP contribution in [0.1, 0.15) is 6.42 Å². The number of nitrogens with two attached hydrogens (primary N) is 1. The normalized spacial score (nSPS) is 11.4. The Morgan fingerprint density at radius 2 is 1.72 bits per heavy atom. The number of sulfonamides is 1. The minimum Gasteiger partial charge on any atom is -0.481 e. The topological polar surface area (TPSA) is 114 Å². The van der Waals surface area contributed by atoms with Gasteiger partial charge in [-0.15, -0.1) is 0 Å². The molecule has 0 fully saturated rings. The third kappa shape index (κ3) is 5.26. The Bertz CT molecular complexity index is 1130. The molecule has 3 rings (SSSR count). The summed E-state index contributed by atoms with van der Waals surface area (Å²) in [6.07, 6.45) is -0.148. The molecule has 7 nitrogen and oxygen atoms in total. The molecular formula is C18H15Cl2N3O4S2. The number of halogens is 2. The van der Waals surface area contributed by atoms with Gasteiger partial charge in [-0.1, -0.05) is 46.7 Å². The molecule has 3 N–H and O–H groups in total. The van der Waals surface area contributed by atoms with Crippen molar-refractivity contribution in [3.8, 4) is 11.3 Å². The number of aliphatic carboxylic acids is 1. The highest BCUT2D eigenvalue weighted by Gasteiger charge is 2.20. The molecule has 0 bridgehead atoms. The summed E-state index contributed by atoms with van der Waals surface area (Å²) in [6.45, 7) is 0.119. The monoisotopic (exact) mass is 471 g/mol. The predicted molar refractivity (Wildman–Crippen MR) is 115 cm³/mol. The van der Waals surface area contributed by atoms with Crippen molar-refractivity contribution in [1.29, 1.82) is 0 Å². The molecule has 0 saturated heterocycles. The summed E-state index contributed by atoms with van der Waals surface area (Å²) < 4.78 is 23.4. The minimum absolute atomic E-state index is 0.0431. The predicted octanol–water partition coefficient (Wildman–Crippen LogP) is 4.38. The molecule has 0 spiro atoms. The summed E-state index contributed by atoms with van der Waals surface area (Å²) in [5.41, 5.74) is 1.88. The van der Waals surface area contributed by atoms with E-state index in [1.54, 1.807) is 41.3 Å². The van der Waals surface area contributed by atoms with Crippen LogP contribution < -0.4 is 10.0 Å². The lowest BCUT2D eigenvalue weighted by atomic mass is 10.2. The van der Waals surface area contributed by atoms with E-state index >= 15 is 0 Å². The van der Waals surface area contributed by atoms with Gasteiger partial charge < -0.3 is 10.0 Å². The molecular weight excluding hydrogens is 457 g/mol. The Morgan fingerprint density at radius 1 is 1.10 bits per heavy atom. The number of nitrogens with zero attached hydrogens (tertiary/aromatic N) is 2. The van der Waals surface area contributed by atoms with Gasteiger partial charge in [0.1, 0.15) is 10.0 Å². The third-order valence-electron chi connectivity index (χ3n) is 3.95. The lowest BCUT2D eigenvalue weighted by molar-refractivity contribution is -0.136. The number of hydrogen-bond acceptors (Lipinski definition) is 6. The number of primary sulfonamides is 1. The van der Waals surface area contributed by atoms with E-state index in [0.29, 0.717) is 25.9 Å². The van der Waals surface area contributed by atoms with Crippen LogP contribution in [0.5, 0.6) is 0 Å². The van der Waals surface area contributed by atoms with Crippen LogP contribution >= 0.6 is 34.5 Å². The molecule has 0 aliphatic rings. The van der Waals surface area contributed by atoms with Crippen LogP contribution in [0.15, 0.2) is 53.4 Å². The largest absolute Gasteiger partial charge is 0.481 e. The van der Waals surface area contributed by atoms with E-state index in [4.69, 9.17) is 33.4 Å². The molecule has 0 aliphatic carbocycles. The van der Waals surface area contributed by atoms with Crippen molar-refractivity contribution in [2.24, 2.45) is 5.14 Å². The van der Waals surface area contributed by atoms with E-state index in [1.807, 2.05) is 0 Å². The van der Waals surface area contributed by atoms with Gasteiger partial charge in [-0.3, -0.25) is 4.79 Å². The molecule has 3 aromatic rings. The number of carbonyl (C=O) groups is 1. The molecule has 152 valence electrons. The second-order valence-electron chi connectivity index (χ2n) is 5.96. The molecule has 0 radical (unpaired) electrons. The van der Waals surface area contributed by atoms with Crippen LogP contribution in [0.2, 0.25) is 9.36 Å². The van der Waals surface area contributed by atoms with E-state index in [-0.39, 0.29) is 17.9 Å². The van der Waals surface area contributed by atoms with Crippen molar-refractivity contribution in [2.45, 2.75) is 11.3 Å². The average molecular weight is 472 g/mol. The standard InChI is InChI=1S/C18H15Cl2N3O4S2/c19-12-3-1-11(2-4-12)16-17(20)28-18(22-16)23(10-9-15(24)25)13-5-7-14(8-6-13)29(21,26)27/h1-8H,9-10H2,(H,24,25)(H2,21,26,27). The van der Waals surface area contributed by atoms with E-state index in [1.165, 1.54) is 23.5 Å². The van der Waals surface area contributed by atoms with Crippen molar-refractivity contribution in [3.05, 3.63) is 57.9 Å². The van der Waals surface area contributed by atoms with Crippen LogP contribution in [0, 0.1) is 0 Å². The quantitative estimate of drug-likeness (QED) is 0.528. The van der Waals surface area contributed by atoms with Crippen LogP contribution in [0.3, 0.4) is 0 Å². The molecule has 2 aromatic carbocycles. The average Bonchev–Trinajstić information content (AvgIpc) is 3.03. The van der Waals surface area contributed by atoms with Crippen LogP contribution in [-0.4, -0.2) is 31.0 Å². The minimum atomic E-state index is -3.84. The van der Waals surface area contributed by atoms with Gasteiger partial charge in [0, 0.05) is 22.8 Å². The fourth-order valence-electron chi connectivity index (χ4n) is 2.55. The molecule has 0 aliphatic heterocycles. The number of carboxylic acids is 1. The van der Waals surface area contributed by atoms with Gasteiger partial charge in [-0.2, -0.15) is 0 Å². The molecule has 0 saturated carbocycles.